The first-order valence-corrected chi connectivity index (χ1v) is 7.13. The monoisotopic (exact) mass is 321 g/mol. The largest absolute Gasteiger partial charge is 0.310 e. The van der Waals surface area contributed by atoms with Gasteiger partial charge in [-0.15, -0.1) is 0 Å². The Morgan fingerprint density at radius 2 is 1.84 bits per heavy atom. The van der Waals surface area contributed by atoms with Crippen molar-refractivity contribution < 1.29 is 4.39 Å². The molecule has 0 saturated heterocycles. The van der Waals surface area contributed by atoms with E-state index in [1.807, 2.05) is 50.2 Å². The summed E-state index contributed by atoms with van der Waals surface area (Å²) in [5.74, 6) is -0.161. The molecule has 0 aliphatic carbocycles. The van der Waals surface area contributed by atoms with Crippen molar-refractivity contribution in [1.29, 1.82) is 0 Å². The SMILES string of the molecule is CC(C)NCc1ccc(-c2cccc(Br)c2)cc1F. The zero-order valence-electron chi connectivity index (χ0n) is 11.1. The van der Waals surface area contributed by atoms with Crippen molar-refractivity contribution in [3.05, 3.63) is 58.3 Å². The molecule has 19 heavy (non-hydrogen) atoms. The summed E-state index contributed by atoms with van der Waals surface area (Å²) in [6, 6.07) is 13.6. The number of hydrogen-bond acceptors (Lipinski definition) is 1. The van der Waals surface area contributed by atoms with Gasteiger partial charge in [0.25, 0.3) is 0 Å². The Kier molecular flexibility index (Phi) is 4.72. The molecule has 1 nitrogen and oxygen atoms in total. The lowest BCUT2D eigenvalue weighted by molar-refractivity contribution is 0.553. The molecule has 100 valence electrons. The summed E-state index contributed by atoms with van der Waals surface area (Å²) >= 11 is 3.43. The molecule has 0 aliphatic rings. The Bertz CT molecular complexity index is 566. The van der Waals surface area contributed by atoms with Gasteiger partial charge in [-0.05, 0) is 29.3 Å². The molecular formula is C16H17BrFN. The first-order chi connectivity index (χ1) is 9.06. The molecule has 0 amide bonds. The average Bonchev–Trinajstić information content (AvgIpc) is 2.37. The molecular weight excluding hydrogens is 305 g/mol. The molecule has 0 unspecified atom stereocenters. The fourth-order valence-electron chi connectivity index (χ4n) is 1.85. The van der Waals surface area contributed by atoms with E-state index >= 15 is 0 Å². The van der Waals surface area contributed by atoms with E-state index in [2.05, 4.69) is 21.2 Å². The molecule has 1 N–H and O–H groups in total. The van der Waals surface area contributed by atoms with E-state index in [0.29, 0.717) is 18.2 Å². The quantitative estimate of drug-likeness (QED) is 0.856. The zero-order valence-corrected chi connectivity index (χ0v) is 12.7. The van der Waals surface area contributed by atoms with Crippen molar-refractivity contribution in [3.8, 4) is 11.1 Å². The second-order valence-corrected chi connectivity index (χ2v) is 5.77. The van der Waals surface area contributed by atoms with Crippen LogP contribution in [0.2, 0.25) is 0 Å². The van der Waals surface area contributed by atoms with Gasteiger partial charge in [-0.3, -0.25) is 0 Å². The lowest BCUT2D eigenvalue weighted by Crippen LogP contribution is -2.22. The van der Waals surface area contributed by atoms with Crippen LogP contribution < -0.4 is 5.32 Å². The van der Waals surface area contributed by atoms with E-state index in [1.165, 1.54) is 0 Å². The number of rotatable bonds is 4. The maximum atomic E-state index is 14.0. The summed E-state index contributed by atoms with van der Waals surface area (Å²) in [6.07, 6.45) is 0. The maximum absolute atomic E-state index is 14.0. The Hall–Kier alpha value is -1.19. The molecule has 2 aromatic rings. The zero-order chi connectivity index (χ0) is 13.8. The van der Waals surface area contributed by atoms with Gasteiger partial charge in [-0.2, -0.15) is 0 Å². The highest BCUT2D eigenvalue weighted by molar-refractivity contribution is 9.10. The summed E-state index contributed by atoms with van der Waals surface area (Å²) in [6.45, 7) is 4.66. The second-order valence-electron chi connectivity index (χ2n) is 4.85. The number of hydrogen-bond donors (Lipinski definition) is 1. The molecule has 0 saturated carbocycles. The molecule has 2 aromatic carbocycles. The summed E-state index contributed by atoms with van der Waals surface area (Å²) < 4.78 is 15.0. The van der Waals surface area contributed by atoms with Crippen LogP contribution in [0.15, 0.2) is 46.9 Å². The highest BCUT2D eigenvalue weighted by Crippen LogP contribution is 2.24. The van der Waals surface area contributed by atoms with Crippen molar-refractivity contribution in [2.45, 2.75) is 26.4 Å². The molecule has 2 rings (SSSR count). The van der Waals surface area contributed by atoms with Crippen LogP contribution >= 0.6 is 15.9 Å². The molecule has 3 heteroatoms. The maximum Gasteiger partial charge on any atom is 0.128 e. The number of benzene rings is 2. The van der Waals surface area contributed by atoms with Gasteiger partial charge in [-0.1, -0.05) is 54.0 Å². The normalized spacial score (nSPS) is 11.0. The number of halogens is 2. The van der Waals surface area contributed by atoms with Crippen molar-refractivity contribution in [2.24, 2.45) is 0 Å². The van der Waals surface area contributed by atoms with Gasteiger partial charge in [0.1, 0.15) is 5.82 Å². The van der Waals surface area contributed by atoms with Crippen LogP contribution in [0.3, 0.4) is 0 Å². The lowest BCUT2D eigenvalue weighted by Gasteiger charge is -2.10. The van der Waals surface area contributed by atoms with Crippen molar-refractivity contribution >= 4 is 15.9 Å². The third-order valence-electron chi connectivity index (χ3n) is 2.91. The molecule has 0 spiro atoms. The smallest absolute Gasteiger partial charge is 0.128 e. The highest BCUT2D eigenvalue weighted by Gasteiger charge is 2.06. The molecule has 0 fully saturated rings. The molecule has 0 heterocycles. The fourth-order valence-corrected chi connectivity index (χ4v) is 2.25. The van der Waals surface area contributed by atoms with Gasteiger partial charge in [0.15, 0.2) is 0 Å². The second kappa shape index (κ2) is 6.31. The Morgan fingerprint density at radius 3 is 2.47 bits per heavy atom. The van der Waals surface area contributed by atoms with Gasteiger partial charge in [0, 0.05) is 22.6 Å². The Morgan fingerprint density at radius 1 is 1.11 bits per heavy atom. The summed E-state index contributed by atoms with van der Waals surface area (Å²) in [5, 5.41) is 3.22. The minimum Gasteiger partial charge on any atom is -0.310 e. The first kappa shape index (κ1) is 14.2. The van der Waals surface area contributed by atoms with Crippen LogP contribution in [0.1, 0.15) is 19.4 Å². The Labute approximate surface area is 122 Å². The van der Waals surface area contributed by atoms with Crippen LogP contribution in [0.5, 0.6) is 0 Å². The third kappa shape index (κ3) is 3.88. The minimum absolute atomic E-state index is 0.161. The van der Waals surface area contributed by atoms with Gasteiger partial charge in [-0.25, -0.2) is 4.39 Å². The fraction of sp³-hybridized carbons (Fsp3) is 0.250. The highest BCUT2D eigenvalue weighted by atomic mass is 79.9. The molecule has 0 aliphatic heterocycles. The Balaban J connectivity index is 2.23. The van der Waals surface area contributed by atoms with E-state index in [0.717, 1.165) is 15.6 Å². The predicted molar refractivity (Wildman–Crippen MR) is 81.5 cm³/mol. The van der Waals surface area contributed by atoms with E-state index < -0.39 is 0 Å². The van der Waals surface area contributed by atoms with Crippen LogP contribution in [-0.2, 0) is 6.54 Å². The summed E-state index contributed by atoms with van der Waals surface area (Å²) in [7, 11) is 0. The molecule has 0 atom stereocenters. The van der Waals surface area contributed by atoms with E-state index in [4.69, 9.17) is 0 Å². The van der Waals surface area contributed by atoms with Gasteiger partial charge >= 0.3 is 0 Å². The van der Waals surface area contributed by atoms with Gasteiger partial charge in [0.2, 0.25) is 0 Å². The summed E-state index contributed by atoms with van der Waals surface area (Å²) in [4.78, 5) is 0. The van der Waals surface area contributed by atoms with Crippen LogP contribution in [0, 0.1) is 5.82 Å². The predicted octanol–water partition coefficient (Wildman–Crippen LogP) is 4.75. The lowest BCUT2D eigenvalue weighted by atomic mass is 10.0. The van der Waals surface area contributed by atoms with Gasteiger partial charge < -0.3 is 5.32 Å². The van der Waals surface area contributed by atoms with Crippen LogP contribution in [0.4, 0.5) is 4.39 Å². The van der Waals surface area contributed by atoms with Crippen LogP contribution in [-0.4, -0.2) is 6.04 Å². The summed E-state index contributed by atoms with van der Waals surface area (Å²) in [5.41, 5.74) is 2.61. The standard InChI is InChI=1S/C16H17BrFN/c1-11(2)19-10-14-7-6-13(9-16(14)18)12-4-3-5-15(17)8-12/h3-9,11,19H,10H2,1-2H3. The van der Waals surface area contributed by atoms with Crippen LogP contribution in [0.25, 0.3) is 11.1 Å². The third-order valence-corrected chi connectivity index (χ3v) is 3.41. The van der Waals surface area contributed by atoms with Crippen molar-refractivity contribution in [2.75, 3.05) is 0 Å². The molecule has 0 radical (unpaired) electrons. The molecule has 0 aromatic heterocycles. The first-order valence-electron chi connectivity index (χ1n) is 6.34. The molecule has 0 bridgehead atoms. The number of nitrogens with one attached hydrogen (secondary N) is 1. The topological polar surface area (TPSA) is 12.0 Å². The van der Waals surface area contributed by atoms with Crippen molar-refractivity contribution in [1.82, 2.24) is 5.32 Å². The average molecular weight is 322 g/mol. The van der Waals surface area contributed by atoms with E-state index in [-0.39, 0.29) is 5.82 Å². The van der Waals surface area contributed by atoms with Crippen molar-refractivity contribution in [3.63, 3.8) is 0 Å². The minimum atomic E-state index is -0.161. The van der Waals surface area contributed by atoms with Gasteiger partial charge in [0.05, 0.1) is 0 Å². The van der Waals surface area contributed by atoms with E-state index in [1.54, 1.807) is 6.07 Å². The van der Waals surface area contributed by atoms with E-state index in [9.17, 15) is 4.39 Å².